The monoisotopic (exact) mass is 161 g/mol. The molecule has 1 rings (SSSR count). The topological polar surface area (TPSA) is 22.1 Å². The van der Waals surface area contributed by atoms with Crippen molar-refractivity contribution >= 4 is 0 Å². The lowest BCUT2D eigenvalue weighted by atomic mass is 10.3. The van der Waals surface area contributed by atoms with E-state index in [4.69, 9.17) is 4.74 Å². The minimum absolute atomic E-state index is 0.491. The van der Waals surface area contributed by atoms with E-state index in [2.05, 4.69) is 16.8 Å². The van der Waals surface area contributed by atoms with Crippen LogP contribution < -0.4 is 0 Å². The van der Waals surface area contributed by atoms with E-state index < -0.39 is 0 Å². The second kappa shape index (κ2) is 5.34. The molecule has 2 nitrogen and oxygen atoms in total. The highest BCUT2D eigenvalue weighted by Gasteiger charge is 1.81. The van der Waals surface area contributed by atoms with E-state index in [1.165, 1.54) is 0 Å². The summed E-state index contributed by atoms with van der Waals surface area (Å²) in [6.45, 7) is 3.15. The zero-order chi connectivity index (χ0) is 8.65. The van der Waals surface area contributed by atoms with E-state index in [1.54, 1.807) is 12.4 Å². The highest BCUT2D eigenvalue weighted by molar-refractivity contribution is 5.30. The molecule has 1 heterocycles. The van der Waals surface area contributed by atoms with Crippen molar-refractivity contribution < 1.29 is 4.74 Å². The molecule has 0 aromatic carbocycles. The lowest BCUT2D eigenvalue weighted by Gasteiger charge is -1.89. The predicted octanol–water partition coefficient (Wildman–Crippen LogP) is 1.47. The van der Waals surface area contributed by atoms with Gasteiger partial charge in [0.2, 0.25) is 0 Å². The van der Waals surface area contributed by atoms with Gasteiger partial charge in [0, 0.05) is 24.6 Å². The molecule has 0 radical (unpaired) electrons. The van der Waals surface area contributed by atoms with Gasteiger partial charge in [-0.2, -0.15) is 0 Å². The van der Waals surface area contributed by atoms with Gasteiger partial charge in [0.05, 0.1) is 0 Å². The third kappa shape index (κ3) is 3.18. The van der Waals surface area contributed by atoms with Gasteiger partial charge in [-0.3, -0.25) is 4.98 Å². The Labute approximate surface area is 72.6 Å². The average Bonchev–Trinajstić information content (AvgIpc) is 2.14. The van der Waals surface area contributed by atoms with Crippen LogP contribution in [0.2, 0.25) is 0 Å². The Hall–Kier alpha value is -1.33. The van der Waals surface area contributed by atoms with Gasteiger partial charge in [-0.05, 0) is 19.1 Å². The summed E-state index contributed by atoms with van der Waals surface area (Å²) < 4.78 is 5.06. The van der Waals surface area contributed by atoms with E-state index in [0.29, 0.717) is 13.2 Å². The minimum atomic E-state index is 0.491. The maximum atomic E-state index is 5.06. The van der Waals surface area contributed by atoms with Crippen LogP contribution in [-0.2, 0) is 4.74 Å². The third-order valence-electron chi connectivity index (χ3n) is 1.27. The summed E-state index contributed by atoms with van der Waals surface area (Å²) in [6, 6.07) is 3.79. The maximum absolute atomic E-state index is 5.06. The molecular weight excluding hydrogens is 150 g/mol. The summed E-state index contributed by atoms with van der Waals surface area (Å²) in [5.41, 5.74) is 0.928. The van der Waals surface area contributed by atoms with Gasteiger partial charge in [-0.25, -0.2) is 0 Å². The van der Waals surface area contributed by atoms with Crippen LogP contribution in [0.15, 0.2) is 24.5 Å². The van der Waals surface area contributed by atoms with Gasteiger partial charge in [0.1, 0.15) is 6.61 Å². The molecule has 0 amide bonds. The number of nitrogens with zero attached hydrogens (tertiary/aromatic N) is 1. The SMILES string of the molecule is CCOCC#Cc1cccnc1. The van der Waals surface area contributed by atoms with E-state index in [9.17, 15) is 0 Å². The second-order valence-electron chi connectivity index (χ2n) is 2.18. The molecule has 0 fully saturated rings. The maximum Gasteiger partial charge on any atom is 0.108 e. The number of rotatable bonds is 2. The van der Waals surface area contributed by atoms with Gasteiger partial charge in [-0.15, -0.1) is 0 Å². The van der Waals surface area contributed by atoms with Crippen LogP contribution in [0.3, 0.4) is 0 Å². The molecule has 0 atom stereocenters. The van der Waals surface area contributed by atoms with Crippen molar-refractivity contribution in [1.29, 1.82) is 0 Å². The fourth-order valence-electron chi connectivity index (χ4n) is 0.728. The van der Waals surface area contributed by atoms with Crippen molar-refractivity contribution in [3.8, 4) is 11.8 Å². The zero-order valence-corrected chi connectivity index (χ0v) is 7.08. The molecule has 1 aromatic heterocycles. The molecule has 62 valence electrons. The molecule has 0 aliphatic heterocycles. The molecule has 0 spiro atoms. The summed E-state index contributed by atoms with van der Waals surface area (Å²) in [5.74, 6) is 5.83. The Balaban J connectivity index is 2.44. The number of hydrogen-bond donors (Lipinski definition) is 0. The normalized spacial score (nSPS) is 8.75. The zero-order valence-electron chi connectivity index (χ0n) is 7.08. The van der Waals surface area contributed by atoms with Crippen LogP contribution in [0.1, 0.15) is 12.5 Å². The summed E-state index contributed by atoms with van der Waals surface area (Å²) in [4.78, 5) is 3.94. The molecule has 0 saturated carbocycles. The molecule has 12 heavy (non-hydrogen) atoms. The highest BCUT2D eigenvalue weighted by Crippen LogP contribution is 1.90. The van der Waals surface area contributed by atoms with E-state index in [-0.39, 0.29) is 0 Å². The number of ether oxygens (including phenoxy) is 1. The molecule has 1 aromatic rings. The van der Waals surface area contributed by atoms with Crippen molar-refractivity contribution in [3.63, 3.8) is 0 Å². The number of hydrogen-bond acceptors (Lipinski definition) is 2. The van der Waals surface area contributed by atoms with Crippen LogP contribution >= 0.6 is 0 Å². The van der Waals surface area contributed by atoms with Crippen molar-refractivity contribution in [1.82, 2.24) is 4.98 Å². The molecule has 0 aliphatic rings. The fraction of sp³-hybridized carbons (Fsp3) is 0.300. The predicted molar refractivity (Wildman–Crippen MR) is 47.6 cm³/mol. The lowest BCUT2D eigenvalue weighted by molar-refractivity contribution is 0.182. The van der Waals surface area contributed by atoms with Gasteiger partial charge in [0.15, 0.2) is 0 Å². The van der Waals surface area contributed by atoms with Crippen LogP contribution in [0, 0.1) is 11.8 Å². The van der Waals surface area contributed by atoms with Crippen LogP contribution in [0.25, 0.3) is 0 Å². The standard InChI is InChI=1S/C10H11NO/c1-2-12-8-4-6-10-5-3-7-11-9-10/h3,5,7,9H,2,8H2,1H3. The first-order chi connectivity index (χ1) is 5.93. The molecule has 0 saturated heterocycles. The van der Waals surface area contributed by atoms with E-state index in [0.717, 1.165) is 5.56 Å². The van der Waals surface area contributed by atoms with E-state index >= 15 is 0 Å². The summed E-state index contributed by atoms with van der Waals surface area (Å²) in [7, 11) is 0. The van der Waals surface area contributed by atoms with Crippen LogP contribution in [0.4, 0.5) is 0 Å². The summed E-state index contributed by atoms with van der Waals surface area (Å²) in [5, 5.41) is 0. The van der Waals surface area contributed by atoms with Gasteiger partial charge >= 0.3 is 0 Å². The van der Waals surface area contributed by atoms with Gasteiger partial charge in [0.25, 0.3) is 0 Å². The first-order valence-corrected chi connectivity index (χ1v) is 3.90. The summed E-state index contributed by atoms with van der Waals surface area (Å²) >= 11 is 0. The molecule has 0 bridgehead atoms. The summed E-state index contributed by atoms with van der Waals surface area (Å²) in [6.07, 6.45) is 3.46. The van der Waals surface area contributed by atoms with E-state index in [1.807, 2.05) is 19.1 Å². The van der Waals surface area contributed by atoms with Crippen LogP contribution in [0.5, 0.6) is 0 Å². The Morgan fingerprint density at radius 3 is 3.17 bits per heavy atom. The Morgan fingerprint density at radius 2 is 2.50 bits per heavy atom. The molecule has 0 aliphatic carbocycles. The number of pyridine rings is 1. The quantitative estimate of drug-likeness (QED) is 0.484. The smallest absolute Gasteiger partial charge is 0.108 e. The third-order valence-corrected chi connectivity index (χ3v) is 1.27. The Morgan fingerprint density at radius 1 is 1.58 bits per heavy atom. The van der Waals surface area contributed by atoms with Gasteiger partial charge < -0.3 is 4.74 Å². The molecular formula is C10H11NO. The Bertz CT molecular complexity index is 271. The lowest BCUT2D eigenvalue weighted by Crippen LogP contribution is -1.88. The van der Waals surface area contributed by atoms with Crippen molar-refractivity contribution in [2.75, 3.05) is 13.2 Å². The number of aromatic nitrogens is 1. The van der Waals surface area contributed by atoms with Crippen LogP contribution in [-0.4, -0.2) is 18.2 Å². The molecule has 0 N–H and O–H groups in total. The van der Waals surface area contributed by atoms with Gasteiger partial charge in [-0.1, -0.05) is 11.8 Å². The Kier molecular flexibility index (Phi) is 3.90. The molecule has 2 heteroatoms. The first-order valence-electron chi connectivity index (χ1n) is 3.90. The first kappa shape index (κ1) is 8.76. The average molecular weight is 161 g/mol. The highest BCUT2D eigenvalue weighted by atomic mass is 16.5. The minimum Gasteiger partial charge on any atom is -0.369 e. The second-order valence-corrected chi connectivity index (χ2v) is 2.18. The fourth-order valence-corrected chi connectivity index (χ4v) is 0.728. The van der Waals surface area contributed by atoms with Crippen molar-refractivity contribution in [2.45, 2.75) is 6.92 Å². The largest absolute Gasteiger partial charge is 0.369 e. The molecule has 0 unspecified atom stereocenters. The van der Waals surface area contributed by atoms with Crippen molar-refractivity contribution in [3.05, 3.63) is 30.1 Å². The van der Waals surface area contributed by atoms with Crippen molar-refractivity contribution in [2.24, 2.45) is 0 Å².